The number of carbonyl (C=O) groups excluding carboxylic acids is 2. The van der Waals surface area contributed by atoms with Gasteiger partial charge in [-0.15, -0.1) is 0 Å². The minimum Gasteiger partial charge on any atom is -0.465 e. The fourth-order valence-corrected chi connectivity index (χ4v) is 2.61. The lowest BCUT2D eigenvalue weighted by atomic mass is 10.2. The third-order valence-electron chi connectivity index (χ3n) is 3.14. The van der Waals surface area contributed by atoms with Crippen LogP contribution in [-0.4, -0.2) is 64.4 Å². The Balaban J connectivity index is 2.98. The molecule has 0 saturated heterocycles. The summed E-state index contributed by atoms with van der Waals surface area (Å²) in [5.74, 6) is -4.73. The van der Waals surface area contributed by atoms with E-state index in [9.17, 15) is 26.8 Å². The van der Waals surface area contributed by atoms with Gasteiger partial charge in [0.1, 0.15) is 6.54 Å². The van der Waals surface area contributed by atoms with Crippen LogP contribution in [0.5, 0.6) is 0 Å². The van der Waals surface area contributed by atoms with Crippen molar-refractivity contribution in [2.45, 2.75) is 17.6 Å². The first-order valence-corrected chi connectivity index (χ1v) is 8.84. The van der Waals surface area contributed by atoms with Gasteiger partial charge in [0.2, 0.25) is 9.84 Å². The van der Waals surface area contributed by atoms with E-state index in [0.717, 1.165) is 29.2 Å². The Labute approximate surface area is 144 Å². The van der Waals surface area contributed by atoms with Crippen LogP contribution in [0.15, 0.2) is 29.2 Å². The van der Waals surface area contributed by atoms with Crippen LogP contribution in [0.1, 0.15) is 17.3 Å². The molecule has 25 heavy (non-hydrogen) atoms. The third kappa shape index (κ3) is 5.75. The zero-order chi connectivity index (χ0) is 19.0. The first-order valence-electron chi connectivity index (χ1n) is 7.30. The van der Waals surface area contributed by atoms with Gasteiger partial charge in [0.25, 0.3) is 5.91 Å². The number of ether oxygens (including phenoxy) is 2. The molecule has 0 aromatic heterocycles. The quantitative estimate of drug-likeness (QED) is 0.602. The second-order valence-corrected chi connectivity index (χ2v) is 6.77. The molecule has 0 N–H and O–H groups in total. The van der Waals surface area contributed by atoms with Crippen molar-refractivity contribution in [3.8, 4) is 0 Å². The van der Waals surface area contributed by atoms with Crippen molar-refractivity contribution in [3.05, 3.63) is 29.8 Å². The standard InChI is InChI=1S/C15H19F2NO6S/c1-3-24-13(19)10-18(8-9-23-2)14(20)11-4-6-12(7-5-11)25(21,22)15(16)17/h4-7,15H,3,8-10H2,1-2H3. The van der Waals surface area contributed by atoms with Gasteiger partial charge in [0.15, 0.2) is 0 Å². The van der Waals surface area contributed by atoms with E-state index in [0.29, 0.717) is 0 Å². The van der Waals surface area contributed by atoms with Crippen LogP contribution >= 0.6 is 0 Å². The summed E-state index contributed by atoms with van der Waals surface area (Å²) in [5, 5.41) is 0. The number of hydrogen-bond donors (Lipinski definition) is 0. The summed E-state index contributed by atoms with van der Waals surface area (Å²) in [6.07, 6.45) is 0. The van der Waals surface area contributed by atoms with Crippen LogP contribution in [0.4, 0.5) is 8.78 Å². The van der Waals surface area contributed by atoms with E-state index in [2.05, 4.69) is 0 Å². The Kier molecular flexibility index (Phi) is 7.91. The molecule has 0 fully saturated rings. The van der Waals surface area contributed by atoms with Crippen molar-refractivity contribution in [3.63, 3.8) is 0 Å². The number of sulfone groups is 1. The van der Waals surface area contributed by atoms with E-state index >= 15 is 0 Å². The summed E-state index contributed by atoms with van der Waals surface area (Å²) in [6, 6.07) is 4.08. The minimum atomic E-state index is -4.73. The molecule has 1 aromatic rings. The lowest BCUT2D eigenvalue weighted by Crippen LogP contribution is -2.38. The highest BCUT2D eigenvalue weighted by molar-refractivity contribution is 7.91. The van der Waals surface area contributed by atoms with Gasteiger partial charge >= 0.3 is 11.7 Å². The average Bonchev–Trinajstić information content (AvgIpc) is 2.58. The molecule has 0 saturated carbocycles. The second-order valence-electron chi connectivity index (χ2n) is 4.85. The predicted molar refractivity (Wildman–Crippen MR) is 84.0 cm³/mol. The number of amides is 1. The molecule has 0 spiro atoms. The number of hydrogen-bond acceptors (Lipinski definition) is 6. The molecule has 0 unspecified atom stereocenters. The Bertz CT molecular complexity index is 690. The Morgan fingerprint density at radius 2 is 1.80 bits per heavy atom. The van der Waals surface area contributed by atoms with Crippen LogP contribution < -0.4 is 0 Å². The van der Waals surface area contributed by atoms with Crippen molar-refractivity contribution < 1.29 is 36.3 Å². The summed E-state index contributed by atoms with van der Waals surface area (Å²) in [7, 11) is -3.30. The second kappa shape index (κ2) is 9.42. The Hall–Kier alpha value is -2.07. The highest BCUT2D eigenvalue weighted by Gasteiger charge is 2.27. The molecular weight excluding hydrogens is 360 g/mol. The maximum absolute atomic E-state index is 12.5. The van der Waals surface area contributed by atoms with Gasteiger partial charge in [0, 0.05) is 19.2 Å². The zero-order valence-corrected chi connectivity index (χ0v) is 14.6. The minimum absolute atomic E-state index is 0.0496. The van der Waals surface area contributed by atoms with Gasteiger partial charge in [-0.2, -0.15) is 8.78 Å². The van der Waals surface area contributed by atoms with E-state index in [-0.39, 0.29) is 31.9 Å². The molecule has 1 rings (SSSR count). The fourth-order valence-electron chi connectivity index (χ4n) is 1.89. The summed E-state index contributed by atoms with van der Waals surface area (Å²) in [6.45, 7) is 1.74. The number of alkyl halides is 2. The van der Waals surface area contributed by atoms with Gasteiger partial charge in [-0.1, -0.05) is 0 Å². The molecule has 0 aliphatic heterocycles. The topological polar surface area (TPSA) is 90.0 Å². The molecule has 140 valence electrons. The number of nitrogens with zero attached hydrogens (tertiary/aromatic N) is 1. The van der Waals surface area contributed by atoms with E-state index in [4.69, 9.17) is 9.47 Å². The van der Waals surface area contributed by atoms with Gasteiger partial charge in [-0.3, -0.25) is 9.59 Å². The molecular formula is C15H19F2NO6S. The molecule has 0 aliphatic carbocycles. The SMILES string of the molecule is CCOC(=O)CN(CCOC)C(=O)c1ccc(S(=O)(=O)C(F)F)cc1. The smallest absolute Gasteiger partial charge is 0.341 e. The summed E-state index contributed by atoms with van der Waals surface area (Å²) in [4.78, 5) is 24.6. The van der Waals surface area contributed by atoms with Crippen molar-refractivity contribution in [2.75, 3.05) is 33.4 Å². The number of halogens is 2. The van der Waals surface area contributed by atoms with Crippen molar-refractivity contribution in [1.29, 1.82) is 0 Å². The van der Waals surface area contributed by atoms with Crippen LogP contribution in [-0.2, 0) is 24.1 Å². The number of benzene rings is 1. The molecule has 10 heteroatoms. The van der Waals surface area contributed by atoms with Crippen molar-refractivity contribution >= 4 is 21.7 Å². The maximum Gasteiger partial charge on any atom is 0.341 e. The zero-order valence-electron chi connectivity index (χ0n) is 13.8. The first-order chi connectivity index (χ1) is 11.7. The van der Waals surface area contributed by atoms with Crippen LogP contribution in [0.2, 0.25) is 0 Å². The molecule has 0 atom stereocenters. The van der Waals surface area contributed by atoms with E-state index in [1.54, 1.807) is 6.92 Å². The predicted octanol–water partition coefficient (Wildman–Crippen LogP) is 1.33. The molecule has 7 nitrogen and oxygen atoms in total. The third-order valence-corrected chi connectivity index (χ3v) is 4.54. The van der Waals surface area contributed by atoms with Crippen LogP contribution in [0.25, 0.3) is 0 Å². The Morgan fingerprint density at radius 3 is 2.28 bits per heavy atom. The van der Waals surface area contributed by atoms with Crippen LogP contribution in [0.3, 0.4) is 0 Å². The fraction of sp³-hybridized carbons (Fsp3) is 0.467. The van der Waals surface area contributed by atoms with Gasteiger partial charge in [-0.05, 0) is 31.2 Å². The summed E-state index contributed by atoms with van der Waals surface area (Å²) < 4.78 is 57.5. The first kappa shape index (κ1) is 21.0. The van der Waals surface area contributed by atoms with E-state index in [1.807, 2.05) is 0 Å². The monoisotopic (exact) mass is 379 g/mol. The number of methoxy groups -OCH3 is 1. The number of carbonyl (C=O) groups is 2. The molecule has 1 aromatic carbocycles. The van der Waals surface area contributed by atoms with Gasteiger partial charge in [0.05, 0.1) is 18.1 Å². The maximum atomic E-state index is 12.5. The lowest BCUT2D eigenvalue weighted by molar-refractivity contribution is -0.143. The van der Waals surface area contributed by atoms with E-state index in [1.165, 1.54) is 7.11 Å². The summed E-state index contributed by atoms with van der Waals surface area (Å²) in [5.41, 5.74) is 0.0496. The van der Waals surface area contributed by atoms with Crippen molar-refractivity contribution in [1.82, 2.24) is 4.90 Å². The molecule has 0 bridgehead atoms. The Morgan fingerprint density at radius 1 is 1.20 bits per heavy atom. The molecule has 0 aliphatic rings. The molecule has 0 radical (unpaired) electrons. The van der Waals surface area contributed by atoms with E-state index < -0.39 is 32.4 Å². The largest absolute Gasteiger partial charge is 0.465 e. The highest BCUT2D eigenvalue weighted by atomic mass is 32.2. The van der Waals surface area contributed by atoms with Gasteiger partial charge in [-0.25, -0.2) is 8.42 Å². The normalized spacial score (nSPS) is 11.4. The molecule has 0 heterocycles. The van der Waals surface area contributed by atoms with Gasteiger partial charge < -0.3 is 14.4 Å². The number of rotatable bonds is 9. The number of esters is 1. The lowest BCUT2D eigenvalue weighted by Gasteiger charge is -2.21. The average molecular weight is 379 g/mol. The van der Waals surface area contributed by atoms with Crippen LogP contribution in [0, 0.1) is 0 Å². The molecule has 1 amide bonds. The highest BCUT2D eigenvalue weighted by Crippen LogP contribution is 2.19. The van der Waals surface area contributed by atoms with Crippen molar-refractivity contribution in [2.24, 2.45) is 0 Å². The summed E-state index contributed by atoms with van der Waals surface area (Å²) >= 11 is 0.